The molecule has 1 aliphatic heterocycles. The molecule has 1 aliphatic rings. The van der Waals surface area contributed by atoms with Gasteiger partial charge in [0.25, 0.3) is 17.5 Å². The number of urea groups is 1. The zero-order valence-corrected chi connectivity index (χ0v) is 9.77. The van der Waals surface area contributed by atoms with Crippen LogP contribution in [0.25, 0.3) is 0 Å². The first-order chi connectivity index (χ1) is 9.49. The first-order valence-corrected chi connectivity index (χ1v) is 5.29. The maximum absolute atomic E-state index is 11.4. The van der Waals surface area contributed by atoms with Gasteiger partial charge in [-0.15, -0.1) is 5.11 Å². The number of amides is 4. The van der Waals surface area contributed by atoms with Crippen LogP contribution in [0.5, 0.6) is 0 Å². The average Bonchev–Trinajstić information content (AvgIpc) is 2.37. The van der Waals surface area contributed by atoms with E-state index in [0.29, 0.717) is 0 Å². The number of benzene rings is 1. The van der Waals surface area contributed by atoms with Crippen molar-refractivity contribution in [3.05, 3.63) is 34.4 Å². The summed E-state index contributed by atoms with van der Waals surface area (Å²) in [5.41, 5.74) is -0.418. The van der Waals surface area contributed by atoms with Crippen molar-refractivity contribution in [2.24, 2.45) is 10.2 Å². The Bertz CT molecular complexity index is 621. The molecule has 1 aromatic rings. The van der Waals surface area contributed by atoms with E-state index in [2.05, 4.69) is 10.2 Å². The lowest BCUT2D eigenvalue weighted by Crippen LogP contribution is -2.57. The number of nitrogens with one attached hydrogen (secondary N) is 2. The number of carbonyl (C=O) groups excluding carboxylic acids is 3. The van der Waals surface area contributed by atoms with Crippen LogP contribution in [0.4, 0.5) is 16.2 Å². The highest BCUT2D eigenvalue weighted by atomic mass is 16.6. The second-order valence-corrected chi connectivity index (χ2v) is 3.67. The fourth-order valence-electron chi connectivity index (χ4n) is 1.44. The van der Waals surface area contributed by atoms with Crippen LogP contribution < -0.4 is 10.6 Å². The van der Waals surface area contributed by atoms with Crippen molar-refractivity contribution < 1.29 is 19.3 Å². The maximum atomic E-state index is 11.4. The number of nitro benzene ring substituents is 1. The monoisotopic (exact) mass is 277 g/mol. The SMILES string of the molecule is O=C1NC(=O)C(N=Nc2ccccc2[N+](=O)[O-])C(=O)N1. The topological polar surface area (TPSA) is 143 Å². The molecular weight excluding hydrogens is 270 g/mol. The number of hydrogen-bond acceptors (Lipinski definition) is 7. The van der Waals surface area contributed by atoms with E-state index in [-0.39, 0.29) is 11.4 Å². The Kier molecular flexibility index (Phi) is 3.46. The molecule has 0 saturated carbocycles. The van der Waals surface area contributed by atoms with Crippen LogP contribution in [0.1, 0.15) is 0 Å². The van der Waals surface area contributed by atoms with Gasteiger partial charge in [-0.1, -0.05) is 12.1 Å². The van der Waals surface area contributed by atoms with E-state index < -0.39 is 28.8 Å². The van der Waals surface area contributed by atoms with E-state index >= 15 is 0 Å². The summed E-state index contributed by atoms with van der Waals surface area (Å²) in [4.78, 5) is 43.6. The number of nitrogens with zero attached hydrogens (tertiary/aromatic N) is 3. The van der Waals surface area contributed by atoms with Gasteiger partial charge in [0.05, 0.1) is 4.92 Å². The summed E-state index contributed by atoms with van der Waals surface area (Å²) in [6.07, 6.45) is 0. The van der Waals surface area contributed by atoms with Crippen molar-refractivity contribution in [2.75, 3.05) is 0 Å². The Balaban J connectivity index is 2.25. The van der Waals surface area contributed by atoms with Crippen LogP contribution in [0.15, 0.2) is 34.5 Å². The van der Waals surface area contributed by atoms with Gasteiger partial charge in [-0.3, -0.25) is 30.3 Å². The molecule has 0 atom stereocenters. The summed E-state index contributed by atoms with van der Waals surface area (Å²) < 4.78 is 0. The Morgan fingerprint density at radius 2 is 1.70 bits per heavy atom. The molecule has 4 amide bonds. The molecule has 0 bridgehead atoms. The molecule has 2 rings (SSSR count). The van der Waals surface area contributed by atoms with Crippen LogP contribution in [0.2, 0.25) is 0 Å². The van der Waals surface area contributed by atoms with Crippen molar-refractivity contribution in [1.29, 1.82) is 0 Å². The Morgan fingerprint density at radius 1 is 1.10 bits per heavy atom. The molecule has 10 heteroatoms. The molecule has 0 radical (unpaired) electrons. The van der Waals surface area contributed by atoms with Crippen LogP contribution in [-0.2, 0) is 9.59 Å². The van der Waals surface area contributed by atoms with Gasteiger partial charge in [0.15, 0.2) is 5.69 Å². The highest BCUT2D eigenvalue weighted by molar-refractivity contribution is 6.18. The van der Waals surface area contributed by atoms with Gasteiger partial charge < -0.3 is 0 Å². The Labute approximate surface area is 111 Å². The van der Waals surface area contributed by atoms with Gasteiger partial charge in [0, 0.05) is 6.07 Å². The highest BCUT2D eigenvalue weighted by Gasteiger charge is 2.34. The van der Waals surface area contributed by atoms with E-state index in [1.807, 2.05) is 10.6 Å². The van der Waals surface area contributed by atoms with Crippen molar-refractivity contribution >= 4 is 29.2 Å². The van der Waals surface area contributed by atoms with Crippen molar-refractivity contribution in [2.45, 2.75) is 6.04 Å². The number of barbiturate groups is 1. The van der Waals surface area contributed by atoms with Gasteiger partial charge in [0.1, 0.15) is 0 Å². The minimum atomic E-state index is -1.56. The molecule has 102 valence electrons. The van der Waals surface area contributed by atoms with Crippen molar-refractivity contribution in [3.8, 4) is 0 Å². The summed E-state index contributed by atoms with van der Waals surface area (Å²) in [7, 11) is 0. The Hall–Kier alpha value is -3.17. The summed E-state index contributed by atoms with van der Waals surface area (Å²) in [5, 5.41) is 21.4. The summed E-state index contributed by atoms with van der Waals surface area (Å²) in [5.74, 6) is -1.89. The molecule has 0 spiro atoms. The predicted octanol–water partition coefficient (Wildman–Crippen LogP) is 0.413. The molecule has 1 saturated heterocycles. The largest absolute Gasteiger partial charge is 0.328 e. The molecule has 20 heavy (non-hydrogen) atoms. The fourth-order valence-corrected chi connectivity index (χ4v) is 1.44. The number of azo groups is 1. The van der Waals surface area contributed by atoms with Gasteiger partial charge in [-0.05, 0) is 6.07 Å². The third-order valence-electron chi connectivity index (χ3n) is 2.33. The van der Waals surface area contributed by atoms with Gasteiger partial charge >= 0.3 is 6.03 Å². The third-order valence-corrected chi connectivity index (χ3v) is 2.33. The zero-order chi connectivity index (χ0) is 14.7. The van der Waals surface area contributed by atoms with Gasteiger partial charge in [-0.2, -0.15) is 5.11 Å². The lowest BCUT2D eigenvalue weighted by molar-refractivity contribution is -0.384. The molecule has 0 aromatic heterocycles. The van der Waals surface area contributed by atoms with Gasteiger partial charge in [0.2, 0.25) is 6.04 Å². The normalized spacial score (nSPS) is 16.1. The minimum absolute atomic E-state index is 0.102. The number of para-hydroxylation sites is 1. The summed E-state index contributed by atoms with van der Waals surface area (Å²) in [6, 6.07) is 2.94. The summed E-state index contributed by atoms with van der Waals surface area (Å²) in [6.45, 7) is 0. The molecule has 1 fully saturated rings. The molecule has 1 heterocycles. The number of rotatable bonds is 3. The van der Waals surface area contributed by atoms with Crippen LogP contribution in [-0.4, -0.2) is 28.8 Å². The molecule has 10 nitrogen and oxygen atoms in total. The van der Waals surface area contributed by atoms with Crippen LogP contribution in [0.3, 0.4) is 0 Å². The molecule has 0 unspecified atom stereocenters. The first kappa shape index (κ1) is 13.3. The number of nitro groups is 1. The second kappa shape index (κ2) is 5.22. The van der Waals surface area contributed by atoms with E-state index in [1.54, 1.807) is 0 Å². The average molecular weight is 277 g/mol. The third kappa shape index (κ3) is 2.63. The number of carbonyl (C=O) groups is 3. The fraction of sp³-hybridized carbons (Fsp3) is 0.100. The Morgan fingerprint density at radius 3 is 2.30 bits per heavy atom. The minimum Gasteiger partial charge on any atom is -0.275 e. The zero-order valence-electron chi connectivity index (χ0n) is 9.77. The molecule has 1 aromatic carbocycles. The first-order valence-electron chi connectivity index (χ1n) is 5.29. The highest BCUT2D eigenvalue weighted by Crippen LogP contribution is 2.26. The molecular formula is C10H7N5O5. The predicted molar refractivity (Wildman–Crippen MR) is 63.1 cm³/mol. The van der Waals surface area contributed by atoms with E-state index in [4.69, 9.17) is 0 Å². The molecule has 0 aliphatic carbocycles. The van der Waals surface area contributed by atoms with E-state index in [0.717, 1.165) is 0 Å². The van der Waals surface area contributed by atoms with Crippen molar-refractivity contribution in [3.63, 3.8) is 0 Å². The summed E-state index contributed by atoms with van der Waals surface area (Å²) >= 11 is 0. The van der Waals surface area contributed by atoms with Crippen molar-refractivity contribution in [1.82, 2.24) is 10.6 Å². The van der Waals surface area contributed by atoms with Gasteiger partial charge in [-0.25, -0.2) is 4.79 Å². The van der Waals surface area contributed by atoms with Crippen LogP contribution >= 0.6 is 0 Å². The van der Waals surface area contributed by atoms with E-state index in [1.165, 1.54) is 24.3 Å². The van der Waals surface area contributed by atoms with E-state index in [9.17, 15) is 24.5 Å². The standard InChI is InChI=1S/C10H7N5O5/c16-8-7(9(17)12-10(18)11-8)14-13-5-3-1-2-4-6(5)15(19)20/h1-4,7H,(H2,11,12,16,17,18). The lowest BCUT2D eigenvalue weighted by Gasteiger charge is -2.15. The number of imide groups is 2. The number of hydrogen-bond donors (Lipinski definition) is 2. The second-order valence-electron chi connectivity index (χ2n) is 3.67. The van der Waals surface area contributed by atoms with Crippen LogP contribution in [0, 0.1) is 10.1 Å². The smallest absolute Gasteiger partial charge is 0.275 e. The maximum Gasteiger partial charge on any atom is 0.328 e. The lowest BCUT2D eigenvalue weighted by atomic mass is 10.2. The molecule has 2 N–H and O–H groups in total. The quantitative estimate of drug-likeness (QED) is 0.356.